The smallest absolute Gasteiger partial charge is 0.247 e. The van der Waals surface area contributed by atoms with Crippen molar-refractivity contribution in [2.24, 2.45) is 17.8 Å². The van der Waals surface area contributed by atoms with Gasteiger partial charge in [0.2, 0.25) is 17.7 Å². The van der Waals surface area contributed by atoms with Crippen molar-refractivity contribution in [2.45, 2.75) is 81.4 Å². The van der Waals surface area contributed by atoms with Crippen LogP contribution >= 0.6 is 11.8 Å². The molecule has 0 radical (unpaired) electrons. The van der Waals surface area contributed by atoms with Crippen molar-refractivity contribution < 1.29 is 19.5 Å². The zero-order valence-corrected chi connectivity index (χ0v) is 23.3. The molecule has 202 valence electrons. The molecule has 3 aliphatic rings. The van der Waals surface area contributed by atoms with E-state index in [1.54, 1.807) is 40.8 Å². The standard InChI is InChI=1S/C28H45N3O4S/c1-7-13-20(5)30(15-9-3)27(35)24-28-19(4)18-21(36-28)22(25(33)29(6)14-8-2)23(28)26(34)31(24)16-11-10-12-17-32/h8-9,19-24,32H,2-3,7,10-18H2,1,4-6H3/t19?,20?,21-,22+,23+,24?,28?/m1/s1. The molecule has 8 heteroatoms. The van der Waals surface area contributed by atoms with Crippen LogP contribution in [0.2, 0.25) is 0 Å². The van der Waals surface area contributed by atoms with E-state index in [2.05, 4.69) is 33.9 Å². The van der Waals surface area contributed by atoms with Gasteiger partial charge in [-0.25, -0.2) is 0 Å². The van der Waals surface area contributed by atoms with Gasteiger partial charge in [0.1, 0.15) is 6.04 Å². The third-order valence-corrected chi connectivity index (χ3v) is 10.5. The van der Waals surface area contributed by atoms with Gasteiger partial charge in [-0.1, -0.05) is 32.4 Å². The summed E-state index contributed by atoms with van der Waals surface area (Å²) in [5, 5.41) is 9.28. The van der Waals surface area contributed by atoms with Crippen LogP contribution in [0.4, 0.5) is 0 Å². The molecule has 3 amide bonds. The summed E-state index contributed by atoms with van der Waals surface area (Å²) in [5.74, 6) is -0.835. The van der Waals surface area contributed by atoms with Crippen LogP contribution < -0.4 is 0 Å². The second kappa shape index (κ2) is 12.2. The molecule has 3 saturated heterocycles. The summed E-state index contributed by atoms with van der Waals surface area (Å²) in [7, 11) is 1.77. The summed E-state index contributed by atoms with van der Waals surface area (Å²) in [4.78, 5) is 47.5. The molecule has 4 unspecified atom stereocenters. The third-order valence-electron chi connectivity index (χ3n) is 8.45. The van der Waals surface area contributed by atoms with E-state index in [4.69, 9.17) is 0 Å². The van der Waals surface area contributed by atoms with Gasteiger partial charge in [-0.3, -0.25) is 14.4 Å². The Hall–Kier alpha value is -1.80. The molecule has 3 heterocycles. The number of nitrogens with zero attached hydrogens (tertiary/aromatic N) is 3. The monoisotopic (exact) mass is 519 g/mol. The van der Waals surface area contributed by atoms with E-state index in [9.17, 15) is 19.5 Å². The first-order valence-electron chi connectivity index (χ1n) is 13.6. The van der Waals surface area contributed by atoms with Gasteiger partial charge < -0.3 is 19.8 Å². The molecule has 0 saturated carbocycles. The summed E-state index contributed by atoms with van der Waals surface area (Å²) in [6.07, 6.45) is 8.33. The summed E-state index contributed by atoms with van der Waals surface area (Å²) in [6.45, 7) is 15.5. The van der Waals surface area contributed by atoms with Gasteiger partial charge in [-0.05, 0) is 44.9 Å². The number of hydrogen-bond donors (Lipinski definition) is 1. The lowest BCUT2D eigenvalue weighted by Gasteiger charge is -2.42. The van der Waals surface area contributed by atoms with Crippen molar-refractivity contribution in [3.63, 3.8) is 0 Å². The highest BCUT2D eigenvalue weighted by Gasteiger charge is 2.76. The lowest BCUT2D eigenvalue weighted by atomic mass is 9.65. The number of fused-ring (bicyclic) bond motifs is 1. The average molecular weight is 520 g/mol. The predicted molar refractivity (Wildman–Crippen MR) is 145 cm³/mol. The van der Waals surface area contributed by atoms with Crippen molar-refractivity contribution in [2.75, 3.05) is 33.3 Å². The Labute approximate surface area is 221 Å². The number of amides is 3. The van der Waals surface area contributed by atoms with E-state index in [0.29, 0.717) is 26.1 Å². The van der Waals surface area contributed by atoms with Crippen molar-refractivity contribution in [1.29, 1.82) is 0 Å². The topological polar surface area (TPSA) is 81.2 Å². The molecule has 3 fully saturated rings. The minimum absolute atomic E-state index is 0.0126. The molecule has 3 aliphatic heterocycles. The fourth-order valence-corrected chi connectivity index (χ4v) is 9.20. The van der Waals surface area contributed by atoms with Crippen molar-refractivity contribution in [1.82, 2.24) is 14.7 Å². The summed E-state index contributed by atoms with van der Waals surface area (Å²) in [5.41, 5.74) is 0. The Bertz CT molecular complexity index is 851. The zero-order chi connectivity index (χ0) is 26.6. The Balaban J connectivity index is 2.04. The quantitative estimate of drug-likeness (QED) is 0.281. The number of aliphatic hydroxyl groups is 1. The highest BCUT2D eigenvalue weighted by atomic mass is 32.2. The Morgan fingerprint density at radius 2 is 1.92 bits per heavy atom. The van der Waals surface area contributed by atoms with Crippen LogP contribution in [0.3, 0.4) is 0 Å². The zero-order valence-electron chi connectivity index (χ0n) is 22.5. The van der Waals surface area contributed by atoms with Crippen LogP contribution in [0.15, 0.2) is 25.3 Å². The molecular formula is C28H45N3O4S. The molecule has 7 nitrogen and oxygen atoms in total. The molecule has 0 aliphatic carbocycles. The van der Waals surface area contributed by atoms with Crippen LogP contribution in [-0.2, 0) is 14.4 Å². The SMILES string of the molecule is C=CCN(C)C(=O)[C@@H]1[C@H]2C(=O)N(CCCCCO)C(C(=O)N(CC=C)C(C)CCC)C23S[C@@H]1CC3C. The minimum Gasteiger partial charge on any atom is -0.396 e. The average Bonchev–Trinajstić information content (AvgIpc) is 3.43. The molecule has 0 aromatic carbocycles. The number of carbonyl (C=O) groups is 3. The second-order valence-electron chi connectivity index (χ2n) is 10.8. The Morgan fingerprint density at radius 1 is 1.22 bits per heavy atom. The van der Waals surface area contributed by atoms with Crippen LogP contribution in [-0.4, -0.2) is 92.9 Å². The lowest BCUT2D eigenvalue weighted by Crippen LogP contribution is -2.58. The lowest BCUT2D eigenvalue weighted by molar-refractivity contribution is -0.145. The summed E-state index contributed by atoms with van der Waals surface area (Å²) in [6, 6.07) is -0.548. The van der Waals surface area contributed by atoms with Gasteiger partial charge in [-0.15, -0.1) is 24.9 Å². The van der Waals surface area contributed by atoms with Crippen LogP contribution in [0.1, 0.15) is 59.3 Å². The largest absolute Gasteiger partial charge is 0.396 e. The molecule has 1 N–H and O–H groups in total. The van der Waals surface area contributed by atoms with Gasteiger partial charge in [-0.2, -0.15) is 0 Å². The van der Waals surface area contributed by atoms with Gasteiger partial charge in [0.15, 0.2) is 0 Å². The number of carbonyl (C=O) groups excluding carboxylic acids is 3. The first kappa shape index (κ1) is 28.8. The maximum atomic E-state index is 14.4. The number of hydrogen-bond acceptors (Lipinski definition) is 5. The molecule has 7 atom stereocenters. The molecule has 1 spiro atoms. The van der Waals surface area contributed by atoms with Gasteiger partial charge in [0.25, 0.3) is 0 Å². The minimum atomic E-state index is -0.601. The second-order valence-corrected chi connectivity index (χ2v) is 12.3. The predicted octanol–water partition coefficient (Wildman–Crippen LogP) is 3.33. The molecule has 0 aromatic rings. The van der Waals surface area contributed by atoms with Gasteiger partial charge >= 0.3 is 0 Å². The number of rotatable bonds is 14. The highest BCUT2D eigenvalue weighted by molar-refractivity contribution is 8.02. The van der Waals surface area contributed by atoms with Gasteiger partial charge in [0, 0.05) is 44.6 Å². The van der Waals surface area contributed by atoms with Crippen molar-refractivity contribution in [3.8, 4) is 0 Å². The van der Waals surface area contributed by atoms with Crippen molar-refractivity contribution in [3.05, 3.63) is 25.3 Å². The Kier molecular flexibility index (Phi) is 9.72. The van der Waals surface area contributed by atoms with E-state index in [1.165, 1.54) is 0 Å². The van der Waals surface area contributed by atoms with E-state index in [1.807, 2.05) is 4.90 Å². The molecular weight excluding hydrogens is 474 g/mol. The van der Waals surface area contributed by atoms with E-state index in [-0.39, 0.29) is 41.5 Å². The number of aliphatic hydroxyl groups excluding tert-OH is 1. The number of likely N-dealkylation sites (N-methyl/N-ethyl adjacent to an activating group) is 1. The van der Waals surface area contributed by atoms with E-state index in [0.717, 1.165) is 32.1 Å². The third kappa shape index (κ3) is 4.87. The van der Waals surface area contributed by atoms with E-state index >= 15 is 0 Å². The number of unbranched alkanes of at least 4 members (excludes halogenated alkanes) is 2. The van der Waals surface area contributed by atoms with Crippen LogP contribution in [0.5, 0.6) is 0 Å². The summed E-state index contributed by atoms with van der Waals surface area (Å²) < 4.78 is -0.601. The fourth-order valence-electron chi connectivity index (χ4n) is 6.79. The van der Waals surface area contributed by atoms with E-state index < -0.39 is 22.6 Å². The highest BCUT2D eigenvalue weighted by Crippen LogP contribution is 2.68. The van der Waals surface area contributed by atoms with Gasteiger partial charge in [0.05, 0.1) is 16.6 Å². The van der Waals surface area contributed by atoms with Crippen LogP contribution in [0.25, 0.3) is 0 Å². The normalized spacial score (nSPS) is 31.3. The molecule has 3 rings (SSSR count). The first-order valence-corrected chi connectivity index (χ1v) is 14.4. The molecule has 36 heavy (non-hydrogen) atoms. The van der Waals surface area contributed by atoms with Crippen molar-refractivity contribution >= 4 is 29.5 Å². The fraction of sp³-hybridized carbons (Fsp3) is 0.750. The number of likely N-dealkylation sites (tertiary alicyclic amines) is 1. The van der Waals surface area contributed by atoms with Crippen LogP contribution in [0, 0.1) is 17.8 Å². The Morgan fingerprint density at radius 3 is 2.53 bits per heavy atom. The molecule has 0 aromatic heterocycles. The molecule has 2 bridgehead atoms. The summed E-state index contributed by atoms with van der Waals surface area (Å²) >= 11 is 1.73. The maximum absolute atomic E-state index is 14.4. The maximum Gasteiger partial charge on any atom is 0.247 e. The number of thioether (sulfide) groups is 1. The first-order chi connectivity index (χ1) is 17.2.